The smallest absolute Gasteiger partial charge is 0.455 e. The van der Waals surface area contributed by atoms with Crippen molar-refractivity contribution in [3.8, 4) is 5.75 Å². The summed E-state index contributed by atoms with van der Waals surface area (Å²) < 4.78 is 6.17. The van der Waals surface area contributed by atoms with Gasteiger partial charge in [-0.2, -0.15) is 0 Å². The number of hydrogen-bond acceptors (Lipinski definition) is 5. The Morgan fingerprint density at radius 1 is 1.05 bits per heavy atom. The zero-order valence-corrected chi connectivity index (χ0v) is 24.0. The van der Waals surface area contributed by atoms with Crippen LogP contribution in [-0.2, 0) is 14.2 Å². The number of carbonyl (C=O) groups is 2. The minimum absolute atomic E-state index is 0.128. The molecule has 2 amide bonds. The Kier molecular flexibility index (Phi) is 8.34. The van der Waals surface area contributed by atoms with Crippen molar-refractivity contribution in [2.45, 2.75) is 78.6 Å². The average molecular weight is 541 g/mol. The van der Waals surface area contributed by atoms with Crippen molar-refractivity contribution in [1.29, 1.82) is 0 Å². The summed E-state index contributed by atoms with van der Waals surface area (Å²) in [5, 5.41) is 21.0. The van der Waals surface area contributed by atoms with Gasteiger partial charge in [-0.25, -0.2) is 0 Å². The summed E-state index contributed by atoms with van der Waals surface area (Å²) in [7, 11) is -0.967. The third-order valence-electron chi connectivity index (χ3n) is 8.93. The summed E-state index contributed by atoms with van der Waals surface area (Å²) >= 11 is 0. The van der Waals surface area contributed by atoms with Crippen LogP contribution in [0.25, 0.3) is 6.08 Å². The normalized spacial score (nSPS) is 25.0. The van der Waals surface area contributed by atoms with Gasteiger partial charge < -0.3 is 14.8 Å². The molecule has 2 aliphatic heterocycles. The summed E-state index contributed by atoms with van der Waals surface area (Å²) in [6.07, 6.45) is 7.08. The zero-order valence-electron chi connectivity index (χ0n) is 24.0. The van der Waals surface area contributed by atoms with E-state index in [4.69, 9.17) is 4.65 Å². The third-order valence-corrected chi connectivity index (χ3v) is 8.93. The van der Waals surface area contributed by atoms with Crippen molar-refractivity contribution >= 4 is 30.7 Å². The number of fused-ring (bicyclic) bond motifs is 3. The number of aromatic hydroxyl groups is 1. The van der Waals surface area contributed by atoms with Crippen molar-refractivity contribution in [3.63, 3.8) is 0 Å². The number of phenols is 1. The second-order valence-corrected chi connectivity index (χ2v) is 11.6. The molecule has 0 unspecified atom stereocenters. The van der Waals surface area contributed by atoms with Gasteiger partial charge in [-0.15, -0.1) is 0 Å². The highest BCUT2D eigenvalue weighted by molar-refractivity contribution is 6.43. The van der Waals surface area contributed by atoms with Crippen molar-refractivity contribution in [3.05, 3.63) is 75.9 Å². The maximum Gasteiger partial charge on any atom is 0.455 e. The van der Waals surface area contributed by atoms with Crippen LogP contribution < -0.4 is 4.90 Å². The molecule has 1 aliphatic carbocycles. The first-order valence-corrected chi connectivity index (χ1v) is 14.7. The number of hydrogen-bond donors (Lipinski definition) is 2. The minimum Gasteiger partial charge on any atom is -0.507 e. The van der Waals surface area contributed by atoms with Crippen molar-refractivity contribution < 1.29 is 24.4 Å². The molecule has 2 saturated heterocycles. The lowest BCUT2D eigenvalue weighted by molar-refractivity contribution is -0.122. The van der Waals surface area contributed by atoms with Gasteiger partial charge in [-0.1, -0.05) is 55.7 Å². The topological polar surface area (TPSA) is 87.1 Å². The second kappa shape index (κ2) is 11.8. The summed E-state index contributed by atoms with van der Waals surface area (Å²) in [4.78, 5) is 28.7. The Hall–Kier alpha value is -3.16. The number of nitrogens with zero attached hydrogens (tertiary/aromatic N) is 1. The third kappa shape index (κ3) is 5.29. The molecule has 0 saturated carbocycles. The lowest BCUT2D eigenvalue weighted by Crippen LogP contribution is -2.46. The maximum absolute atomic E-state index is 13.8. The first-order valence-electron chi connectivity index (χ1n) is 14.7. The van der Waals surface area contributed by atoms with Crippen LogP contribution in [0.5, 0.6) is 5.75 Å². The molecule has 210 valence electrons. The van der Waals surface area contributed by atoms with Gasteiger partial charge >= 0.3 is 7.12 Å². The molecule has 0 bridgehead atoms. The standard InChI is InChI=1S/C33H40BNO5/c1-5-10-22(17-23-15-20(3)31(36)21(4)16-23)13-14-28-29-24(6-2)18-26-30(27(29)19-34(39)40-28)33(38)35(32(26)37)25-11-8-7-9-12-25/h7-9,11-12,15-17,26-28,30,36,39H,5-6,10,13-14,18-19H2,1-4H3/b22-17+/t26-,27+,28-,30-/m1/s1. The Morgan fingerprint density at radius 2 is 1.75 bits per heavy atom. The number of imide groups is 1. The number of allylic oxidation sites excluding steroid dienone is 2. The van der Waals surface area contributed by atoms with Crippen LogP contribution in [0.2, 0.25) is 6.32 Å². The number of amides is 2. The van der Waals surface area contributed by atoms with Crippen molar-refractivity contribution in [2.24, 2.45) is 17.8 Å². The lowest BCUT2D eigenvalue weighted by atomic mass is 9.58. The molecule has 2 aromatic rings. The van der Waals surface area contributed by atoms with E-state index in [9.17, 15) is 19.7 Å². The molecule has 0 spiro atoms. The molecule has 0 radical (unpaired) electrons. The fourth-order valence-corrected chi connectivity index (χ4v) is 7.15. The largest absolute Gasteiger partial charge is 0.507 e. The van der Waals surface area contributed by atoms with Crippen LogP contribution in [0.15, 0.2) is 59.2 Å². The number of rotatable bonds is 8. The highest BCUT2D eigenvalue weighted by Gasteiger charge is 2.57. The molecule has 6 nitrogen and oxygen atoms in total. The van der Waals surface area contributed by atoms with Gasteiger partial charge in [0, 0.05) is 0 Å². The Morgan fingerprint density at radius 3 is 2.40 bits per heavy atom. The van der Waals surface area contributed by atoms with Gasteiger partial charge in [0.1, 0.15) is 5.75 Å². The van der Waals surface area contributed by atoms with E-state index < -0.39 is 13.0 Å². The molecule has 2 N–H and O–H groups in total. The Balaban J connectivity index is 1.42. The predicted molar refractivity (Wildman–Crippen MR) is 159 cm³/mol. The molecular formula is C33H40BNO5. The molecule has 0 aromatic heterocycles. The molecule has 2 fully saturated rings. The Labute approximate surface area is 237 Å². The van der Waals surface area contributed by atoms with Gasteiger partial charge in [0.15, 0.2) is 0 Å². The van der Waals surface area contributed by atoms with Gasteiger partial charge in [0.05, 0.1) is 23.6 Å². The summed E-state index contributed by atoms with van der Waals surface area (Å²) in [5.41, 5.74) is 7.04. The first-order chi connectivity index (χ1) is 19.2. The first kappa shape index (κ1) is 28.4. The summed E-state index contributed by atoms with van der Waals surface area (Å²) in [6, 6.07) is 13.2. The average Bonchev–Trinajstić information content (AvgIpc) is 3.19. The number of para-hydroxylation sites is 1. The van der Waals surface area contributed by atoms with Crippen molar-refractivity contribution in [2.75, 3.05) is 4.90 Å². The second-order valence-electron chi connectivity index (χ2n) is 11.6. The van der Waals surface area contributed by atoms with Crippen LogP contribution in [0, 0.1) is 31.6 Å². The monoisotopic (exact) mass is 541 g/mol. The molecular weight excluding hydrogens is 501 g/mol. The predicted octanol–water partition coefficient (Wildman–Crippen LogP) is 6.38. The van der Waals surface area contributed by atoms with Gasteiger partial charge in [0.2, 0.25) is 11.8 Å². The number of anilines is 1. The highest BCUT2D eigenvalue weighted by Crippen LogP contribution is 2.51. The molecule has 2 aromatic carbocycles. The van der Waals surface area contributed by atoms with Gasteiger partial charge in [0.25, 0.3) is 0 Å². The van der Waals surface area contributed by atoms with Crippen LogP contribution in [-0.4, -0.2) is 35.2 Å². The molecule has 7 heteroatoms. The Bertz CT molecular complexity index is 1330. The minimum atomic E-state index is -0.967. The van der Waals surface area contributed by atoms with Crippen LogP contribution in [0.4, 0.5) is 5.69 Å². The molecule has 2 heterocycles. The van der Waals surface area contributed by atoms with E-state index >= 15 is 0 Å². The molecule has 3 aliphatic rings. The maximum atomic E-state index is 13.8. The quantitative estimate of drug-likeness (QED) is 0.230. The summed E-state index contributed by atoms with van der Waals surface area (Å²) in [5.74, 6) is -1.00. The number of phenolic OH excluding ortho intramolecular Hbond substituents is 1. The number of aryl methyl sites for hydroxylation is 2. The summed E-state index contributed by atoms with van der Waals surface area (Å²) in [6.45, 7) is 8.10. The highest BCUT2D eigenvalue weighted by atomic mass is 16.5. The van der Waals surface area contributed by atoms with Gasteiger partial charge in [-0.05, 0) is 105 Å². The van der Waals surface area contributed by atoms with Gasteiger partial charge in [-0.3, -0.25) is 14.5 Å². The van der Waals surface area contributed by atoms with E-state index in [0.29, 0.717) is 30.6 Å². The zero-order chi connectivity index (χ0) is 28.6. The van der Waals surface area contributed by atoms with E-state index in [0.717, 1.165) is 47.9 Å². The van der Waals surface area contributed by atoms with Crippen LogP contribution in [0.1, 0.15) is 69.1 Å². The van der Waals surface area contributed by atoms with Crippen molar-refractivity contribution in [1.82, 2.24) is 0 Å². The van der Waals surface area contributed by atoms with E-state index in [-0.39, 0.29) is 29.8 Å². The number of benzene rings is 2. The van der Waals surface area contributed by atoms with Crippen LogP contribution in [0.3, 0.4) is 0 Å². The van der Waals surface area contributed by atoms with E-state index in [2.05, 4.69) is 19.9 Å². The molecule has 5 rings (SSSR count). The SMILES string of the molecule is CCC/C(=C\c1cc(C)c(O)c(C)c1)CC[C@H]1OB(O)C[C@H]2C1=C(CC)C[C@H]1C(=O)N(c3ccccc3)C(=O)[C@H]12. The fraction of sp³-hybridized carbons (Fsp3) is 0.455. The lowest BCUT2D eigenvalue weighted by Gasteiger charge is -2.43. The fourth-order valence-electron chi connectivity index (χ4n) is 7.15. The van der Waals surface area contributed by atoms with E-state index in [1.54, 1.807) is 0 Å². The van der Waals surface area contributed by atoms with Crippen LogP contribution >= 0.6 is 0 Å². The number of carbonyl (C=O) groups excluding carboxylic acids is 2. The van der Waals surface area contributed by atoms with E-state index in [1.807, 2.05) is 56.3 Å². The molecule has 40 heavy (non-hydrogen) atoms. The van der Waals surface area contributed by atoms with E-state index in [1.165, 1.54) is 16.0 Å². The molecule has 4 atom stereocenters.